The fourth-order valence-electron chi connectivity index (χ4n) is 2.48. The molecule has 2 N–H and O–H groups in total. The molecule has 0 aliphatic rings. The van der Waals surface area contributed by atoms with Gasteiger partial charge in [0.1, 0.15) is 5.75 Å². The van der Waals surface area contributed by atoms with Crippen LogP contribution in [-0.4, -0.2) is 38.2 Å². The molecular formula is C20H24N2O5. The van der Waals surface area contributed by atoms with E-state index < -0.39 is 30.4 Å². The molecule has 7 nitrogen and oxygen atoms in total. The molecule has 0 radical (unpaired) electrons. The Balaban J connectivity index is 1.93. The number of imide groups is 1. The van der Waals surface area contributed by atoms with Crippen LogP contribution in [0.1, 0.15) is 31.7 Å². The number of amides is 3. The van der Waals surface area contributed by atoms with Gasteiger partial charge in [0.2, 0.25) is 0 Å². The maximum absolute atomic E-state index is 12.2. The third kappa shape index (κ3) is 5.70. The number of hydrogen-bond acceptors (Lipinski definition) is 5. The second kappa shape index (κ2) is 9.56. The molecule has 0 saturated carbocycles. The van der Waals surface area contributed by atoms with E-state index in [0.717, 1.165) is 28.5 Å². The Morgan fingerprint density at radius 2 is 1.78 bits per heavy atom. The van der Waals surface area contributed by atoms with Crippen molar-refractivity contribution in [1.29, 1.82) is 0 Å². The summed E-state index contributed by atoms with van der Waals surface area (Å²) in [6.07, 6.45) is 0.757. The average molecular weight is 372 g/mol. The lowest BCUT2D eigenvalue weighted by Crippen LogP contribution is -2.41. The highest BCUT2D eigenvalue weighted by Crippen LogP contribution is 2.25. The van der Waals surface area contributed by atoms with Crippen LogP contribution in [0.25, 0.3) is 10.8 Å². The van der Waals surface area contributed by atoms with Crippen molar-refractivity contribution in [2.45, 2.75) is 26.2 Å². The lowest BCUT2D eigenvalue weighted by Gasteiger charge is -2.13. The SMILES string of the molecule is CCCNC(=O)NC(=O)COC(=O)[C@@H](C)c1ccc2cc(OC)ccc2c1. The van der Waals surface area contributed by atoms with Gasteiger partial charge in [-0.1, -0.05) is 31.2 Å². The number of benzene rings is 2. The fraction of sp³-hybridized carbons (Fsp3) is 0.350. The Bertz CT molecular complexity index is 834. The van der Waals surface area contributed by atoms with Gasteiger partial charge in [-0.2, -0.15) is 0 Å². The quantitative estimate of drug-likeness (QED) is 0.729. The molecule has 0 aliphatic carbocycles. The minimum Gasteiger partial charge on any atom is -0.497 e. The summed E-state index contributed by atoms with van der Waals surface area (Å²) in [4.78, 5) is 35.3. The van der Waals surface area contributed by atoms with Crippen LogP contribution in [0, 0.1) is 0 Å². The Hall–Kier alpha value is -3.09. The number of methoxy groups -OCH3 is 1. The van der Waals surface area contributed by atoms with Crippen molar-refractivity contribution in [2.75, 3.05) is 20.3 Å². The topological polar surface area (TPSA) is 93.7 Å². The number of fused-ring (bicyclic) bond motifs is 1. The van der Waals surface area contributed by atoms with Crippen LogP contribution in [0.15, 0.2) is 36.4 Å². The first kappa shape index (κ1) is 20.2. The molecule has 1 atom stereocenters. The predicted molar refractivity (Wildman–Crippen MR) is 102 cm³/mol. The molecule has 3 amide bonds. The van der Waals surface area contributed by atoms with E-state index in [4.69, 9.17) is 9.47 Å². The summed E-state index contributed by atoms with van der Waals surface area (Å²) in [6, 6.07) is 10.7. The van der Waals surface area contributed by atoms with E-state index in [1.807, 2.05) is 43.3 Å². The summed E-state index contributed by atoms with van der Waals surface area (Å²) in [6.45, 7) is 3.56. The van der Waals surface area contributed by atoms with Crippen LogP contribution in [-0.2, 0) is 14.3 Å². The normalized spacial score (nSPS) is 11.5. The van der Waals surface area contributed by atoms with Crippen molar-refractivity contribution in [3.8, 4) is 5.75 Å². The van der Waals surface area contributed by atoms with Crippen molar-refractivity contribution in [3.05, 3.63) is 42.0 Å². The van der Waals surface area contributed by atoms with Gasteiger partial charge in [0.05, 0.1) is 13.0 Å². The van der Waals surface area contributed by atoms with Gasteiger partial charge in [0.15, 0.2) is 6.61 Å². The van der Waals surface area contributed by atoms with Crippen LogP contribution >= 0.6 is 0 Å². The van der Waals surface area contributed by atoms with Crippen LogP contribution in [0.4, 0.5) is 4.79 Å². The summed E-state index contributed by atoms with van der Waals surface area (Å²) in [7, 11) is 1.61. The van der Waals surface area contributed by atoms with E-state index in [9.17, 15) is 14.4 Å². The van der Waals surface area contributed by atoms with Crippen LogP contribution in [0.3, 0.4) is 0 Å². The summed E-state index contributed by atoms with van der Waals surface area (Å²) in [5.41, 5.74) is 0.777. The Morgan fingerprint density at radius 3 is 2.48 bits per heavy atom. The predicted octanol–water partition coefficient (Wildman–Crippen LogP) is 2.73. The highest BCUT2D eigenvalue weighted by atomic mass is 16.5. The minimum atomic E-state index is -0.672. The smallest absolute Gasteiger partial charge is 0.321 e. The van der Waals surface area contributed by atoms with Gasteiger partial charge >= 0.3 is 12.0 Å². The molecule has 7 heteroatoms. The molecule has 2 rings (SSSR count). The fourth-order valence-corrected chi connectivity index (χ4v) is 2.48. The largest absolute Gasteiger partial charge is 0.497 e. The molecule has 2 aromatic carbocycles. The third-order valence-corrected chi connectivity index (χ3v) is 4.06. The number of hydrogen-bond donors (Lipinski definition) is 2. The average Bonchev–Trinajstić information content (AvgIpc) is 2.68. The number of nitrogens with one attached hydrogen (secondary N) is 2. The molecule has 0 spiro atoms. The van der Waals surface area contributed by atoms with Crippen LogP contribution in [0.5, 0.6) is 5.75 Å². The zero-order valence-corrected chi connectivity index (χ0v) is 15.7. The highest BCUT2D eigenvalue weighted by Gasteiger charge is 2.19. The molecule has 2 aromatic rings. The van der Waals surface area contributed by atoms with Crippen molar-refractivity contribution >= 4 is 28.7 Å². The molecule has 0 aromatic heterocycles. The number of rotatable bonds is 7. The summed E-state index contributed by atoms with van der Waals surface area (Å²) in [5.74, 6) is -0.989. The second-order valence-electron chi connectivity index (χ2n) is 6.11. The van der Waals surface area contributed by atoms with Crippen LogP contribution in [0.2, 0.25) is 0 Å². The Kier molecular flexibility index (Phi) is 7.16. The van der Waals surface area contributed by atoms with E-state index >= 15 is 0 Å². The Morgan fingerprint density at radius 1 is 1.07 bits per heavy atom. The standard InChI is InChI=1S/C20H24N2O5/c1-4-9-21-20(25)22-18(23)12-27-19(24)13(2)14-5-6-16-11-17(26-3)8-7-15(16)10-14/h5-8,10-11,13H,4,9,12H2,1-3H3,(H2,21,22,23,25)/t13-/m0/s1. The first-order valence-corrected chi connectivity index (χ1v) is 8.76. The van der Waals surface area contributed by atoms with Crippen molar-refractivity contribution < 1.29 is 23.9 Å². The molecule has 0 saturated heterocycles. The van der Waals surface area contributed by atoms with Gasteiger partial charge in [0, 0.05) is 6.54 Å². The van der Waals surface area contributed by atoms with Gasteiger partial charge in [0.25, 0.3) is 5.91 Å². The lowest BCUT2D eigenvalue weighted by atomic mass is 9.98. The molecule has 0 heterocycles. The molecule has 27 heavy (non-hydrogen) atoms. The monoisotopic (exact) mass is 372 g/mol. The zero-order chi connectivity index (χ0) is 19.8. The van der Waals surface area contributed by atoms with Crippen molar-refractivity contribution in [1.82, 2.24) is 10.6 Å². The van der Waals surface area contributed by atoms with E-state index in [1.54, 1.807) is 14.0 Å². The molecule has 144 valence electrons. The van der Waals surface area contributed by atoms with Gasteiger partial charge in [-0.3, -0.25) is 14.9 Å². The first-order chi connectivity index (χ1) is 12.9. The third-order valence-electron chi connectivity index (χ3n) is 4.06. The summed E-state index contributed by atoms with van der Waals surface area (Å²) >= 11 is 0. The number of urea groups is 1. The van der Waals surface area contributed by atoms with Gasteiger partial charge < -0.3 is 14.8 Å². The van der Waals surface area contributed by atoms with E-state index in [2.05, 4.69) is 10.6 Å². The minimum absolute atomic E-state index is 0.462. The highest BCUT2D eigenvalue weighted by molar-refractivity contribution is 5.95. The molecule has 0 bridgehead atoms. The molecular weight excluding hydrogens is 348 g/mol. The van der Waals surface area contributed by atoms with Crippen molar-refractivity contribution in [2.24, 2.45) is 0 Å². The number of carbonyl (C=O) groups is 3. The van der Waals surface area contributed by atoms with E-state index in [1.165, 1.54) is 0 Å². The number of esters is 1. The maximum Gasteiger partial charge on any atom is 0.321 e. The van der Waals surface area contributed by atoms with Crippen LogP contribution < -0.4 is 15.4 Å². The van der Waals surface area contributed by atoms with Gasteiger partial charge in [-0.05, 0) is 41.8 Å². The van der Waals surface area contributed by atoms with E-state index in [-0.39, 0.29) is 0 Å². The van der Waals surface area contributed by atoms with Crippen molar-refractivity contribution in [3.63, 3.8) is 0 Å². The summed E-state index contributed by atoms with van der Waals surface area (Å²) in [5, 5.41) is 6.58. The zero-order valence-electron chi connectivity index (χ0n) is 15.7. The van der Waals surface area contributed by atoms with Gasteiger partial charge in [-0.25, -0.2) is 4.79 Å². The number of carbonyl (C=O) groups excluding carboxylic acids is 3. The van der Waals surface area contributed by atoms with Gasteiger partial charge in [-0.15, -0.1) is 0 Å². The lowest BCUT2D eigenvalue weighted by molar-refractivity contribution is -0.149. The molecule has 0 fully saturated rings. The first-order valence-electron chi connectivity index (χ1n) is 8.76. The number of ether oxygens (including phenoxy) is 2. The molecule has 0 unspecified atom stereocenters. The van der Waals surface area contributed by atoms with E-state index in [0.29, 0.717) is 6.54 Å². The Labute approximate surface area is 158 Å². The summed E-state index contributed by atoms with van der Waals surface area (Å²) < 4.78 is 10.2. The second-order valence-corrected chi connectivity index (χ2v) is 6.11. The molecule has 0 aliphatic heterocycles. The maximum atomic E-state index is 12.2.